The molecule has 29 heavy (non-hydrogen) atoms. The number of hydrogen-bond acceptors (Lipinski definition) is 6. The number of nitrogens with one attached hydrogen (secondary N) is 1. The molecular weight excluding hydrogens is 396 g/mol. The van der Waals surface area contributed by atoms with Crippen LogP contribution in [0.3, 0.4) is 0 Å². The molecule has 1 amide bonds. The number of carbonyl (C=O) groups is 1. The summed E-state index contributed by atoms with van der Waals surface area (Å²) in [6, 6.07) is 14.4. The van der Waals surface area contributed by atoms with E-state index in [2.05, 4.69) is 10.5 Å². The van der Waals surface area contributed by atoms with Gasteiger partial charge in [-0.25, -0.2) is 5.43 Å². The number of aliphatic hydroxyl groups is 2. The molecule has 2 rings (SSSR count). The molecule has 0 saturated carbocycles. The molecule has 1 atom stereocenters. The zero-order valence-corrected chi connectivity index (χ0v) is 16.9. The smallest absolute Gasteiger partial charge is 0.236 e. The predicted octanol–water partition coefficient (Wildman–Crippen LogP) is 2.31. The lowest BCUT2D eigenvalue weighted by atomic mass is 10.0. The standard InChI is InChI=1S/C21H25ClN2O5/c1-15(26)23-24-21(16-3-7-19(8-4-16)28-12-2-11-22)17-5-9-20(10-6-17)29-14-18(27)13-25/h3-10,18,25,27H,2,11-14H2,1H3,(H,23,26)/b24-21+. The third-order valence-corrected chi connectivity index (χ3v) is 4.05. The third-order valence-electron chi connectivity index (χ3n) is 3.78. The number of amides is 1. The largest absolute Gasteiger partial charge is 0.494 e. The molecule has 0 aromatic heterocycles. The lowest BCUT2D eigenvalue weighted by Gasteiger charge is -2.12. The predicted molar refractivity (Wildman–Crippen MR) is 112 cm³/mol. The van der Waals surface area contributed by atoms with Gasteiger partial charge >= 0.3 is 0 Å². The first-order valence-electron chi connectivity index (χ1n) is 9.19. The van der Waals surface area contributed by atoms with Gasteiger partial charge in [0.25, 0.3) is 0 Å². The Hall–Kier alpha value is -2.61. The first-order valence-corrected chi connectivity index (χ1v) is 9.72. The van der Waals surface area contributed by atoms with Crippen molar-refractivity contribution < 1.29 is 24.5 Å². The fourth-order valence-electron chi connectivity index (χ4n) is 2.34. The Balaban J connectivity index is 2.17. The van der Waals surface area contributed by atoms with E-state index in [0.717, 1.165) is 23.3 Å². The van der Waals surface area contributed by atoms with Gasteiger partial charge in [0.15, 0.2) is 0 Å². The quantitative estimate of drug-likeness (QED) is 0.224. The van der Waals surface area contributed by atoms with Crippen LogP contribution in [0.5, 0.6) is 11.5 Å². The molecule has 0 heterocycles. The van der Waals surface area contributed by atoms with E-state index in [0.29, 0.717) is 23.9 Å². The first-order chi connectivity index (χ1) is 14.0. The molecule has 8 heteroatoms. The number of alkyl halides is 1. The highest BCUT2D eigenvalue weighted by molar-refractivity contribution is 6.17. The molecule has 0 aliphatic carbocycles. The van der Waals surface area contributed by atoms with Crippen molar-refractivity contribution in [1.29, 1.82) is 0 Å². The number of hydrazone groups is 1. The van der Waals surface area contributed by atoms with Gasteiger partial charge in [-0.15, -0.1) is 11.6 Å². The van der Waals surface area contributed by atoms with Crippen LogP contribution in [0, 0.1) is 0 Å². The van der Waals surface area contributed by atoms with Crippen LogP contribution >= 0.6 is 11.6 Å². The van der Waals surface area contributed by atoms with Gasteiger partial charge in [-0.2, -0.15) is 5.10 Å². The van der Waals surface area contributed by atoms with Crippen LogP contribution < -0.4 is 14.9 Å². The highest BCUT2D eigenvalue weighted by atomic mass is 35.5. The molecule has 0 radical (unpaired) electrons. The van der Waals surface area contributed by atoms with E-state index in [1.165, 1.54) is 6.92 Å². The Labute approximate surface area is 174 Å². The topological polar surface area (TPSA) is 100 Å². The minimum atomic E-state index is -0.934. The number of nitrogens with zero attached hydrogens (tertiary/aromatic N) is 1. The van der Waals surface area contributed by atoms with Gasteiger partial charge in [0.05, 0.1) is 18.9 Å². The van der Waals surface area contributed by atoms with Gasteiger partial charge in [0.2, 0.25) is 5.91 Å². The zero-order valence-electron chi connectivity index (χ0n) is 16.2. The Morgan fingerprint density at radius 1 is 1.07 bits per heavy atom. The average molecular weight is 421 g/mol. The van der Waals surface area contributed by atoms with Crippen molar-refractivity contribution in [3.63, 3.8) is 0 Å². The summed E-state index contributed by atoms with van der Waals surface area (Å²) in [5, 5.41) is 22.4. The fourth-order valence-corrected chi connectivity index (χ4v) is 2.45. The molecule has 2 aromatic rings. The molecular formula is C21H25ClN2O5. The van der Waals surface area contributed by atoms with E-state index in [1.807, 2.05) is 24.3 Å². The van der Waals surface area contributed by atoms with Crippen molar-refractivity contribution in [3.05, 3.63) is 59.7 Å². The minimum absolute atomic E-state index is 0.00609. The Kier molecular flexibility index (Phi) is 9.43. The van der Waals surface area contributed by atoms with Crippen molar-refractivity contribution in [2.75, 3.05) is 25.7 Å². The van der Waals surface area contributed by atoms with Crippen LogP contribution in [0.1, 0.15) is 24.5 Å². The lowest BCUT2D eigenvalue weighted by Crippen LogP contribution is -2.21. The van der Waals surface area contributed by atoms with Crippen LogP contribution in [-0.2, 0) is 4.79 Å². The van der Waals surface area contributed by atoms with Gasteiger partial charge in [-0.1, -0.05) is 0 Å². The van der Waals surface area contributed by atoms with Crippen molar-refractivity contribution in [1.82, 2.24) is 5.43 Å². The van der Waals surface area contributed by atoms with E-state index < -0.39 is 6.10 Å². The van der Waals surface area contributed by atoms with Gasteiger partial charge in [0.1, 0.15) is 24.2 Å². The number of ether oxygens (including phenoxy) is 2. The maximum absolute atomic E-state index is 11.3. The van der Waals surface area contributed by atoms with Crippen LogP contribution in [0.4, 0.5) is 0 Å². The van der Waals surface area contributed by atoms with E-state index >= 15 is 0 Å². The van der Waals surface area contributed by atoms with Crippen LogP contribution in [0.25, 0.3) is 0 Å². The molecule has 0 fully saturated rings. The molecule has 1 unspecified atom stereocenters. The molecule has 0 aliphatic rings. The fraction of sp³-hybridized carbons (Fsp3) is 0.333. The van der Waals surface area contributed by atoms with E-state index in [4.69, 9.17) is 26.2 Å². The Morgan fingerprint density at radius 3 is 2.10 bits per heavy atom. The summed E-state index contributed by atoms with van der Waals surface area (Å²) in [6.07, 6.45) is -0.167. The third kappa shape index (κ3) is 7.73. The molecule has 0 bridgehead atoms. The maximum Gasteiger partial charge on any atom is 0.236 e. The Morgan fingerprint density at radius 2 is 1.62 bits per heavy atom. The summed E-state index contributed by atoms with van der Waals surface area (Å²) >= 11 is 5.65. The second-order valence-electron chi connectivity index (χ2n) is 6.22. The van der Waals surface area contributed by atoms with Gasteiger partial charge in [0, 0.05) is 23.9 Å². The average Bonchev–Trinajstić information content (AvgIpc) is 2.74. The number of rotatable bonds is 11. The number of aliphatic hydroxyl groups excluding tert-OH is 2. The summed E-state index contributed by atoms with van der Waals surface area (Å²) in [6.45, 7) is 1.56. The van der Waals surface area contributed by atoms with Crippen LogP contribution in [0.15, 0.2) is 53.6 Å². The van der Waals surface area contributed by atoms with E-state index in [9.17, 15) is 9.90 Å². The number of halogens is 1. The number of carbonyl (C=O) groups excluding carboxylic acids is 1. The summed E-state index contributed by atoms with van der Waals surface area (Å²) in [7, 11) is 0. The maximum atomic E-state index is 11.3. The number of benzene rings is 2. The van der Waals surface area contributed by atoms with E-state index in [-0.39, 0.29) is 19.1 Å². The summed E-state index contributed by atoms with van der Waals surface area (Å²) in [5.41, 5.74) is 4.62. The molecule has 0 spiro atoms. The van der Waals surface area contributed by atoms with Crippen molar-refractivity contribution >= 4 is 23.2 Å². The summed E-state index contributed by atoms with van der Waals surface area (Å²) in [4.78, 5) is 11.3. The highest BCUT2D eigenvalue weighted by Gasteiger charge is 2.10. The molecule has 3 N–H and O–H groups in total. The first kappa shape index (κ1) is 22.7. The lowest BCUT2D eigenvalue weighted by molar-refractivity contribution is -0.118. The van der Waals surface area contributed by atoms with Crippen molar-refractivity contribution in [3.8, 4) is 11.5 Å². The SMILES string of the molecule is CC(=O)N/N=C(\c1ccc(OCCCCl)cc1)c1ccc(OCC(O)CO)cc1. The van der Waals surface area contributed by atoms with Crippen LogP contribution in [-0.4, -0.2) is 53.6 Å². The van der Waals surface area contributed by atoms with Gasteiger partial charge in [-0.05, 0) is 55.0 Å². The number of hydrogen-bond donors (Lipinski definition) is 3. The highest BCUT2D eigenvalue weighted by Crippen LogP contribution is 2.19. The molecule has 2 aromatic carbocycles. The molecule has 156 valence electrons. The minimum Gasteiger partial charge on any atom is -0.494 e. The molecule has 0 aliphatic heterocycles. The molecule has 7 nitrogen and oxygen atoms in total. The van der Waals surface area contributed by atoms with Crippen molar-refractivity contribution in [2.24, 2.45) is 5.10 Å². The normalized spacial score (nSPS) is 12.3. The summed E-state index contributed by atoms with van der Waals surface area (Å²) in [5.74, 6) is 1.54. The van der Waals surface area contributed by atoms with Crippen LogP contribution in [0.2, 0.25) is 0 Å². The van der Waals surface area contributed by atoms with Crippen molar-refractivity contribution in [2.45, 2.75) is 19.4 Å². The Bertz CT molecular complexity index is 794. The zero-order chi connectivity index (χ0) is 21.1. The second-order valence-corrected chi connectivity index (χ2v) is 6.59. The monoisotopic (exact) mass is 420 g/mol. The summed E-state index contributed by atoms with van der Waals surface area (Å²) < 4.78 is 11.0. The van der Waals surface area contributed by atoms with Gasteiger partial charge in [-0.3, -0.25) is 4.79 Å². The van der Waals surface area contributed by atoms with E-state index in [1.54, 1.807) is 24.3 Å². The molecule has 0 saturated heterocycles. The van der Waals surface area contributed by atoms with Gasteiger partial charge < -0.3 is 19.7 Å². The second kappa shape index (κ2) is 12.1.